The minimum Gasteiger partial charge on any atom is -0.207 e. The average molecular weight is 352 g/mol. The van der Waals surface area contributed by atoms with Gasteiger partial charge in [0.15, 0.2) is 0 Å². The number of hydrogen-bond donors (Lipinski definition) is 0. The van der Waals surface area contributed by atoms with Gasteiger partial charge in [-0.1, -0.05) is 11.6 Å². The summed E-state index contributed by atoms with van der Waals surface area (Å²) in [5.74, 6) is 0. The van der Waals surface area contributed by atoms with Crippen LogP contribution >= 0.6 is 27.5 Å². The van der Waals surface area contributed by atoms with Crippen molar-refractivity contribution in [1.29, 1.82) is 5.26 Å². The number of rotatable bonds is 4. The molecule has 0 heterocycles. The molecule has 0 amide bonds. The van der Waals surface area contributed by atoms with Gasteiger partial charge in [-0.25, -0.2) is 8.42 Å². The molecule has 0 aromatic heterocycles. The summed E-state index contributed by atoms with van der Waals surface area (Å²) in [7, 11) is -2.15. The van der Waals surface area contributed by atoms with Gasteiger partial charge in [0.1, 0.15) is 0 Å². The Morgan fingerprint density at radius 1 is 1.56 bits per heavy atom. The highest BCUT2D eigenvalue weighted by Gasteiger charge is 2.25. The summed E-state index contributed by atoms with van der Waals surface area (Å²) in [5, 5.41) is 9.05. The molecule has 98 valence electrons. The largest absolute Gasteiger partial charge is 0.243 e. The minimum absolute atomic E-state index is 0.143. The zero-order valence-electron chi connectivity index (χ0n) is 9.89. The summed E-state index contributed by atoms with van der Waals surface area (Å²) in [4.78, 5) is 0.145. The molecule has 0 spiro atoms. The van der Waals surface area contributed by atoms with Gasteiger partial charge in [-0.15, -0.1) is 0 Å². The SMILES string of the molecule is CC(CC#N)N(C)S(=O)(=O)c1ccc(Cl)c(Br)c1. The summed E-state index contributed by atoms with van der Waals surface area (Å²) >= 11 is 9.01. The molecule has 1 rings (SSSR count). The molecule has 1 aromatic rings. The van der Waals surface area contributed by atoms with Crippen molar-refractivity contribution in [3.05, 3.63) is 27.7 Å². The topological polar surface area (TPSA) is 61.2 Å². The standard InChI is InChI=1S/C11H12BrClN2O2S/c1-8(5-6-14)15(2)18(16,17)9-3-4-11(13)10(12)7-9/h3-4,7-8H,5H2,1-2H3. The molecule has 0 saturated heterocycles. The van der Waals surface area contributed by atoms with E-state index in [4.69, 9.17) is 16.9 Å². The van der Waals surface area contributed by atoms with Crippen molar-refractivity contribution in [2.75, 3.05) is 7.05 Å². The minimum atomic E-state index is -3.61. The first-order valence-corrected chi connectivity index (χ1v) is 7.72. The lowest BCUT2D eigenvalue weighted by molar-refractivity contribution is 0.393. The molecule has 0 N–H and O–H groups in total. The van der Waals surface area contributed by atoms with Crippen molar-refractivity contribution in [3.63, 3.8) is 0 Å². The van der Waals surface area contributed by atoms with Crippen LogP contribution in [0.5, 0.6) is 0 Å². The van der Waals surface area contributed by atoms with Gasteiger partial charge in [0.25, 0.3) is 0 Å². The zero-order valence-corrected chi connectivity index (χ0v) is 13.1. The van der Waals surface area contributed by atoms with E-state index in [1.807, 2.05) is 6.07 Å². The maximum atomic E-state index is 12.3. The number of halogens is 2. The van der Waals surface area contributed by atoms with Gasteiger partial charge in [-0.05, 0) is 41.1 Å². The number of nitriles is 1. The Labute approximate surface area is 120 Å². The molecule has 0 fully saturated rings. The normalized spacial score (nSPS) is 13.3. The fourth-order valence-corrected chi connectivity index (χ4v) is 3.34. The number of sulfonamides is 1. The van der Waals surface area contributed by atoms with Gasteiger partial charge >= 0.3 is 0 Å². The Balaban J connectivity index is 3.14. The second kappa shape index (κ2) is 6.02. The molecule has 4 nitrogen and oxygen atoms in total. The van der Waals surface area contributed by atoms with Gasteiger partial charge in [0.2, 0.25) is 10.0 Å². The van der Waals surface area contributed by atoms with Crippen molar-refractivity contribution >= 4 is 37.6 Å². The third kappa shape index (κ3) is 3.23. The van der Waals surface area contributed by atoms with Gasteiger partial charge in [-0.2, -0.15) is 9.57 Å². The van der Waals surface area contributed by atoms with Crippen LogP contribution in [0.1, 0.15) is 13.3 Å². The quantitative estimate of drug-likeness (QED) is 0.837. The third-order valence-corrected chi connectivity index (χ3v) is 5.76. The van der Waals surface area contributed by atoms with E-state index in [1.54, 1.807) is 6.92 Å². The van der Waals surface area contributed by atoms with Gasteiger partial charge in [-0.3, -0.25) is 0 Å². The van der Waals surface area contributed by atoms with Gasteiger partial charge < -0.3 is 0 Å². The van der Waals surface area contributed by atoms with Crippen molar-refractivity contribution in [2.24, 2.45) is 0 Å². The smallest absolute Gasteiger partial charge is 0.207 e. The van der Waals surface area contributed by atoms with Crippen LogP contribution in [0.15, 0.2) is 27.6 Å². The highest BCUT2D eigenvalue weighted by atomic mass is 79.9. The van der Waals surface area contributed by atoms with Crippen LogP contribution in [0, 0.1) is 11.3 Å². The van der Waals surface area contributed by atoms with Crippen molar-refractivity contribution in [1.82, 2.24) is 4.31 Å². The van der Waals surface area contributed by atoms with E-state index in [1.165, 1.54) is 29.6 Å². The van der Waals surface area contributed by atoms with Crippen LogP contribution in [0.25, 0.3) is 0 Å². The number of benzene rings is 1. The van der Waals surface area contributed by atoms with E-state index in [9.17, 15) is 8.42 Å². The molecular weight excluding hydrogens is 340 g/mol. The van der Waals surface area contributed by atoms with E-state index in [0.29, 0.717) is 9.50 Å². The second-order valence-corrected chi connectivity index (χ2v) is 7.07. The number of nitrogens with zero attached hydrogens (tertiary/aromatic N) is 2. The molecule has 0 saturated carbocycles. The molecule has 0 radical (unpaired) electrons. The number of hydrogen-bond acceptors (Lipinski definition) is 3. The van der Waals surface area contributed by atoms with E-state index in [2.05, 4.69) is 15.9 Å². The summed E-state index contributed by atoms with van der Waals surface area (Å²) in [6.07, 6.45) is 0.143. The molecule has 0 aliphatic carbocycles. The van der Waals surface area contributed by atoms with E-state index in [0.717, 1.165) is 0 Å². The lowest BCUT2D eigenvalue weighted by Crippen LogP contribution is -2.34. The van der Waals surface area contributed by atoms with Crippen LogP contribution < -0.4 is 0 Å². The Hall–Kier alpha value is -0.610. The Morgan fingerprint density at radius 2 is 2.17 bits per heavy atom. The Morgan fingerprint density at radius 3 is 2.67 bits per heavy atom. The molecular formula is C11H12BrClN2O2S. The van der Waals surface area contributed by atoms with E-state index in [-0.39, 0.29) is 17.4 Å². The predicted octanol–water partition coefficient (Wildman–Crippen LogP) is 3.03. The van der Waals surface area contributed by atoms with Crippen LogP contribution in [-0.4, -0.2) is 25.8 Å². The van der Waals surface area contributed by atoms with Crippen molar-refractivity contribution in [3.8, 4) is 6.07 Å². The molecule has 1 atom stereocenters. The van der Waals surface area contributed by atoms with Gasteiger partial charge in [0, 0.05) is 17.6 Å². The molecule has 0 bridgehead atoms. The fraction of sp³-hybridized carbons (Fsp3) is 0.364. The average Bonchev–Trinajstić information content (AvgIpc) is 2.31. The predicted molar refractivity (Wildman–Crippen MR) is 73.8 cm³/mol. The lowest BCUT2D eigenvalue weighted by atomic mass is 10.3. The van der Waals surface area contributed by atoms with Crippen LogP contribution in [0.4, 0.5) is 0 Å². The summed E-state index contributed by atoms with van der Waals surface area (Å²) < 4.78 is 26.2. The maximum Gasteiger partial charge on any atom is 0.243 e. The van der Waals surface area contributed by atoms with Gasteiger partial charge in [0.05, 0.1) is 22.4 Å². The molecule has 0 aliphatic rings. The first kappa shape index (κ1) is 15.4. The molecule has 7 heteroatoms. The first-order chi connectivity index (χ1) is 8.30. The first-order valence-electron chi connectivity index (χ1n) is 5.10. The fourth-order valence-electron chi connectivity index (χ4n) is 1.30. The molecule has 1 unspecified atom stereocenters. The summed E-state index contributed by atoms with van der Waals surface area (Å²) in [6.45, 7) is 1.69. The van der Waals surface area contributed by atoms with Crippen LogP contribution in [0.2, 0.25) is 5.02 Å². The zero-order chi connectivity index (χ0) is 13.9. The maximum absolute atomic E-state index is 12.3. The van der Waals surface area contributed by atoms with Crippen molar-refractivity contribution in [2.45, 2.75) is 24.3 Å². The Kier molecular flexibility index (Phi) is 5.17. The van der Waals surface area contributed by atoms with Crippen LogP contribution in [-0.2, 0) is 10.0 Å². The monoisotopic (exact) mass is 350 g/mol. The molecule has 18 heavy (non-hydrogen) atoms. The van der Waals surface area contributed by atoms with E-state index >= 15 is 0 Å². The summed E-state index contributed by atoms with van der Waals surface area (Å²) in [5.41, 5.74) is 0. The highest BCUT2D eigenvalue weighted by Crippen LogP contribution is 2.27. The molecule has 0 aliphatic heterocycles. The highest BCUT2D eigenvalue weighted by molar-refractivity contribution is 9.10. The van der Waals surface area contributed by atoms with E-state index < -0.39 is 10.0 Å². The van der Waals surface area contributed by atoms with Crippen molar-refractivity contribution < 1.29 is 8.42 Å². The third-order valence-electron chi connectivity index (χ3n) is 2.58. The summed E-state index contributed by atoms with van der Waals surface area (Å²) in [6, 6.07) is 5.99. The van der Waals surface area contributed by atoms with Crippen LogP contribution in [0.3, 0.4) is 0 Å². The Bertz CT molecular complexity index is 583. The molecule has 1 aromatic carbocycles. The lowest BCUT2D eigenvalue weighted by Gasteiger charge is -2.22. The second-order valence-electron chi connectivity index (χ2n) is 3.81.